The van der Waals surface area contributed by atoms with E-state index in [2.05, 4.69) is 34.4 Å². The van der Waals surface area contributed by atoms with Crippen molar-refractivity contribution in [3.63, 3.8) is 0 Å². The van der Waals surface area contributed by atoms with Crippen LogP contribution in [0.15, 0.2) is 12.7 Å². The van der Waals surface area contributed by atoms with E-state index in [4.69, 9.17) is 19.5 Å². The van der Waals surface area contributed by atoms with Gasteiger partial charge in [-0.15, -0.1) is 0 Å². The van der Waals surface area contributed by atoms with Gasteiger partial charge < -0.3 is 56.0 Å². The number of nitrogens with zero attached hydrogens (tertiary/aromatic N) is 4. The number of carbonyl (C=O) groups is 3. The van der Waals surface area contributed by atoms with E-state index in [1.807, 2.05) is 0 Å². The van der Waals surface area contributed by atoms with E-state index >= 15 is 0 Å². The molecule has 29 heteroatoms. The second-order valence-electron chi connectivity index (χ2n) is 14.3. The summed E-state index contributed by atoms with van der Waals surface area (Å²) in [6.45, 7) is 0.402. The summed E-state index contributed by atoms with van der Waals surface area (Å²) < 4.78 is 62.2. The molecule has 2 fully saturated rings. The van der Waals surface area contributed by atoms with Gasteiger partial charge in [0.1, 0.15) is 36.3 Å². The van der Waals surface area contributed by atoms with Crippen LogP contribution in [-0.4, -0.2) is 133 Å². The fraction of sp³-hybridized carbons (Fsp3) is 0.724. The number of phosphoric acid groups is 3. The molecule has 0 bridgehead atoms. The summed E-state index contributed by atoms with van der Waals surface area (Å²) in [5.41, 5.74) is 3.27. The van der Waals surface area contributed by atoms with E-state index < -0.39 is 90.2 Å². The number of imidazole rings is 1. The third-order valence-corrected chi connectivity index (χ3v) is 13.0. The van der Waals surface area contributed by atoms with E-state index in [0.29, 0.717) is 12.8 Å². The van der Waals surface area contributed by atoms with Crippen LogP contribution < -0.4 is 16.4 Å². The lowest BCUT2D eigenvalue weighted by Crippen LogP contribution is -2.46. The molecule has 0 aromatic carbocycles. The second-order valence-corrected chi connectivity index (χ2v) is 19.6. The number of thioether (sulfide) groups is 1. The number of nitrogen functional groups attached to an aromatic ring is 1. The Morgan fingerprint density at radius 2 is 1.72 bits per heavy atom. The number of rotatable bonds is 21. The molecule has 2 aromatic rings. The maximum Gasteiger partial charge on any atom is 0.481 e. The van der Waals surface area contributed by atoms with Crippen molar-refractivity contribution in [3.8, 4) is 0 Å². The fourth-order valence-corrected chi connectivity index (χ4v) is 9.63. The number of nitrogens with one attached hydrogen (secondary N) is 2. The normalized spacial score (nSPS) is 23.8. The van der Waals surface area contributed by atoms with E-state index in [1.165, 1.54) is 13.8 Å². The Bertz CT molecular complexity index is 1910. The number of aliphatic hydroxyl groups is 3. The molecule has 25 nitrogen and oxygen atoms in total. The zero-order chi connectivity index (χ0) is 43.1. The number of nitrogens with two attached hydrogens (primary N) is 1. The van der Waals surface area contributed by atoms with Crippen molar-refractivity contribution in [2.45, 2.75) is 95.0 Å². The first-order valence-electron chi connectivity index (χ1n) is 17.7. The molecule has 1 aliphatic heterocycles. The Morgan fingerprint density at radius 3 is 2.40 bits per heavy atom. The van der Waals surface area contributed by atoms with Crippen molar-refractivity contribution in [3.05, 3.63) is 12.7 Å². The molecule has 1 aliphatic carbocycles. The first kappa shape index (κ1) is 48.2. The lowest BCUT2D eigenvalue weighted by atomic mass is 9.83. The van der Waals surface area contributed by atoms with Crippen LogP contribution in [0.4, 0.5) is 5.82 Å². The molecular weight excluding hydrogens is 859 g/mol. The number of fused-ring (bicyclic) bond motifs is 1. The van der Waals surface area contributed by atoms with E-state index in [-0.39, 0.29) is 53.8 Å². The monoisotopic (exact) mass is 907 g/mol. The lowest BCUT2D eigenvalue weighted by Gasteiger charge is -2.31. The van der Waals surface area contributed by atoms with E-state index in [9.17, 15) is 63.0 Å². The molecule has 0 radical (unpaired) electrons. The van der Waals surface area contributed by atoms with Gasteiger partial charge in [0.15, 0.2) is 22.8 Å². The molecule has 2 aromatic heterocycles. The first-order chi connectivity index (χ1) is 26.9. The Balaban J connectivity index is 1.21. The molecule has 58 heavy (non-hydrogen) atoms. The smallest absolute Gasteiger partial charge is 0.389 e. The summed E-state index contributed by atoms with van der Waals surface area (Å²) in [5, 5.41) is 36.7. The van der Waals surface area contributed by atoms with Gasteiger partial charge in [-0.1, -0.05) is 44.9 Å². The molecular formula is C29H48N7O18P3S. The van der Waals surface area contributed by atoms with Crippen LogP contribution in [0.5, 0.6) is 0 Å². The van der Waals surface area contributed by atoms with Crippen LogP contribution in [-0.2, 0) is 50.7 Å². The predicted octanol–water partition coefficient (Wildman–Crippen LogP) is -0.250. The average Bonchev–Trinajstić information content (AvgIpc) is 3.68. The molecule has 2 unspecified atom stereocenters. The number of carbonyl (C=O) groups excluding carboxylic acids is 3. The van der Waals surface area contributed by atoms with Crippen LogP contribution in [0.1, 0.15) is 65.0 Å². The van der Waals surface area contributed by atoms with Crippen molar-refractivity contribution in [2.24, 2.45) is 5.41 Å². The highest BCUT2D eigenvalue weighted by atomic mass is 32.2. The molecule has 1 saturated heterocycles. The van der Waals surface area contributed by atoms with Crippen molar-refractivity contribution in [1.82, 2.24) is 30.2 Å². The number of anilines is 1. The summed E-state index contributed by atoms with van der Waals surface area (Å²) >= 11 is 1.00. The maximum atomic E-state index is 12.7. The predicted molar refractivity (Wildman–Crippen MR) is 200 cm³/mol. The maximum absolute atomic E-state index is 12.7. The zero-order valence-electron chi connectivity index (χ0n) is 31.3. The van der Waals surface area contributed by atoms with Gasteiger partial charge in [0.25, 0.3) is 0 Å². The number of phosphoric ester groups is 3. The largest absolute Gasteiger partial charge is 0.481 e. The van der Waals surface area contributed by atoms with Gasteiger partial charge in [-0.2, -0.15) is 4.31 Å². The van der Waals surface area contributed by atoms with Crippen LogP contribution in [0.2, 0.25) is 0 Å². The van der Waals surface area contributed by atoms with Crippen molar-refractivity contribution >= 4 is 69.1 Å². The minimum atomic E-state index is -5.58. The summed E-state index contributed by atoms with van der Waals surface area (Å²) in [5.74, 6) is -1.21. The summed E-state index contributed by atoms with van der Waals surface area (Å²) in [7, 11) is -16.4. The van der Waals surface area contributed by atoms with Crippen LogP contribution >= 0.6 is 35.2 Å². The highest BCUT2D eigenvalue weighted by molar-refractivity contribution is 8.13. The molecule has 1 saturated carbocycles. The minimum Gasteiger partial charge on any atom is -0.389 e. The minimum absolute atomic E-state index is 0.0275. The number of ether oxygens (including phenoxy) is 1. The number of aromatic nitrogens is 4. The standard InChI is InChI=1S/C29H48N7O18P3S/c1-28(2,23(40)26(41)32-9-6-18(37)31-10-11-58-19(38)12-29(42)7-4-3-5-8-29)14-51-57(48,49)54-56(46,47)50-13-17-22(53-55(43,44)45)21(39)27(52-17)36-16-35-20-24(30)33-15-34-25(20)36/h15-17,21-23,27,39-40,42H,3-14H2,1-2H3,(H,31,37)(H,32,41)(H,46,47)(H,48,49)(H2,30,33,34)(H2,43,44,45)/t17-,21-,22-,23+,27-/m1/s1. The lowest BCUT2D eigenvalue weighted by molar-refractivity contribution is -0.137. The first-order valence-corrected chi connectivity index (χ1v) is 23.2. The van der Waals surface area contributed by atoms with Gasteiger partial charge in [0, 0.05) is 37.1 Å². The second kappa shape index (κ2) is 19.9. The molecule has 0 spiro atoms. The van der Waals surface area contributed by atoms with Gasteiger partial charge in [-0.25, -0.2) is 28.6 Å². The van der Waals surface area contributed by atoms with E-state index in [0.717, 1.165) is 48.2 Å². The average molecular weight is 908 g/mol. The van der Waals surface area contributed by atoms with E-state index in [1.54, 1.807) is 0 Å². The number of hydrogen-bond donors (Lipinski definition) is 10. The summed E-state index contributed by atoms with van der Waals surface area (Å²) in [6, 6.07) is 0. The highest BCUT2D eigenvalue weighted by Crippen LogP contribution is 2.61. The van der Waals surface area contributed by atoms with Crippen LogP contribution in [0, 0.1) is 5.41 Å². The molecule has 4 rings (SSSR count). The third kappa shape index (κ3) is 14.0. The molecule has 2 amide bonds. The van der Waals surface area contributed by atoms with Crippen molar-refractivity contribution < 1.29 is 85.6 Å². The van der Waals surface area contributed by atoms with Gasteiger partial charge in [-0.05, 0) is 12.8 Å². The number of aliphatic hydroxyl groups excluding tert-OH is 2. The molecule has 11 N–H and O–H groups in total. The Hall–Kier alpha value is -2.48. The Morgan fingerprint density at radius 1 is 1.05 bits per heavy atom. The van der Waals surface area contributed by atoms with Crippen LogP contribution in [0.3, 0.4) is 0 Å². The summed E-state index contributed by atoms with van der Waals surface area (Å²) in [4.78, 5) is 88.0. The quantitative estimate of drug-likeness (QED) is 0.0570. The van der Waals surface area contributed by atoms with Gasteiger partial charge in [0.05, 0.1) is 25.1 Å². The third-order valence-electron chi connectivity index (χ3n) is 9.02. The number of hydrogen-bond acceptors (Lipinski definition) is 19. The van der Waals surface area contributed by atoms with Gasteiger partial charge in [-0.3, -0.25) is 32.5 Å². The molecule has 7 atom stereocenters. The zero-order valence-corrected chi connectivity index (χ0v) is 34.8. The molecule has 3 heterocycles. The Kier molecular flexibility index (Phi) is 16.6. The van der Waals surface area contributed by atoms with Gasteiger partial charge in [0.2, 0.25) is 11.8 Å². The SMILES string of the molecule is CC(C)(COP(=O)(O)OP(=O)(O)OC[C@H]1O[C@@H](n2cnc3c(N)ncnc32)[C@H](O)[C@@H]1OP(=O)(O)O)[C@@H](O)C(=O)NCCC(=O)NCCSC(=O)CC1(O)CCCCC1. The topological polar surface area (TPSA) is 384 Å². The molecule has 328 valence electrons. The van der Waals surface area contributed by atoms with Crippen molar-refractivity contribution in [2.75, 3.05) is 37.8 Å². The van der Waals surface area contributed by atoms with Gasteiger partial charge >= 0.3 is 23.5 Å². The van der Waals surface area contributed by atoms with Crippen molar-refractivity contribution in [1.29, 1.82) is 0 Å². The highest BCUT2D eigenvalue weighted by Gasteiger charge is 2.50. The number of amides is 2. The molecule has 2 aliphatic rings. The van der Waals surface area contributed by atoms with Crippen LogP contribution in [0.25, 0.3) is 11.2 Å². The fourth-order valence-electron chi connectivity index (χ4n) is 6.00. The Labute approximate surface area is 335 Å². The summed E-state index contributed by atoms with van der Waals surface area (Å²) in [6.07, 6.45) is -2.99.